The molecule has 0 bridgehead atoms. The lowest BCUT2D eigenvalue weighted by Gasteiger charge is -2.30. The van der Waals surface area contributed by atoms with Crippen LogP contribution in [-0.4, -0.2) is 23.0 Å². The normalized spacial score (nSPS) is 18.7. The van der Waals surface area contributed by atoms with Crippen LogP contribution in [0.1, 0.15) is 36.0 Å². The number of anilines is 1. The standard InChI is InChI=1S/C22H21ClFN3O.ClH/c23-18-13-15(5-11-19(18)24)22(28)26-17-9-7-16(8-10-17)25-21-12-6-14-3-1-2-4-20(14)27-21;/h1-6,11-13,16-17H,7-10H2,(H,25,27)(H,26,28);1H/t16-,17+;. The molecule has 1 aliphatic rings. The van der Waals surface area contributed by atoms with Gasteiger partial charge in [0.25, 0.3) is 5.91 Å². The maximum atomic E-state index is 13.3. The molecule has 2 aromatic carbocycles. The van der Waals surface area contributed by atoms with Crippen molar-refractivity contribution in [1.82, 2.24) is 10.3 Å². The first-order valence-corrected chi connectivity index (χ1v) is 9.84. The van der Waals surface area contributed by atoms with Gasteiger partial charge < -0.3 is 10.6 Å². The maximum Gasteiger partial charge on any atom is 0.251 e. The van der Waals surface area contributed by atoms with Crippen molar-refractivity contribution in [3.05, 3.63) is 71.0 Å². The Kier molecular flexibility index (Phi) is 6.93. The number of nitrogens with zero attached hydrogens (tertiary/aromatic N) is 1. The van der Waals surface area contributed by atoms with Gasteiger partial charge in [0.1, 0.15) is 11.6 Å². The number of carbonyl (C=O) groups is 1. The first kappa shape index (κ1) is 21.3. The van der Waals surface area contributed by atoms with Crippen molar-refractivity contribution >= 4 is 46.6 Å². The molecule has 7 heteroatoms. The number of benzene rings is 2. The number of hydrogen-bond acceptors (Lipinski definition) is 3. The zero-order chi connectivity index (χ0) is 19.5. The fourth-order valence-corrected chi connectivity index (χ4v) is 3.82. The highest BCUT2D eigenvalue weighted by molar-refractivity contribution is 6.31. The van der Waals surface area contributed by atoms with Crippen LogP contribution in [-0.2, 0) is 0 Å². The molecule has 1 saturated carbocycles. The molecule has 1 aromatic heterocycles. The van der Waals surface area contributed by atoms with Crippen molar-refractivity contribution < 1.29 is 9.18 Å². The Morgan fingerprint density at radius 3 is 2.48 bits per heavy atom. The number of halogens is 3. The van der Waals surface area contributed by atoms with Gasteiger partial charge in [-0.25, -0.2) is 9.37 Å². The number of carbonyl (C=O) groups excluding carboxylic acids is 1. The summed E-state index contributed by atoms with van der Waals surface area (Å²) in [5, 5.41) is 7.62. The number of amides is 1. The second kappa shape index (κ2) is 9.42. The molecule has 1 aliphatic carbocycles. The highest BCUT2D eigenvalue weighted by atomic mass is 35.5. The first-order chi connectivity index (χ1) is 13.6. The van der Waals surface area contributed by atoms with Gasteiger partial charge in [-0.2, -0.15) is 0 Å². The number of hydrogen-bond donors (Lipinski definition) is 2. The summed E-state index contributed by atoms with van der Waals surface area (Å²) in [6.07, 6.45) is 3.66. The molecule has 1 heterocycles. The summed E-state index contributed by atoms with van der Waals surface area (Å²) in [6.45, 7) is 0. The number of rotatable bonds is 4. The monoisotopic (exact) mass is 433 g/mol. The third-order valence-corrected chi connectivity index (χ3v) is 5.48. The van der Waals surface area contributed by atoms with E-state index in [1.165, 1.54) is 18.2 Å². The number of para-hydroxylation sites is 1. The Labute approximate surface area is 180 Å². The number of fused-ring (bicyclic) bond motifs is 1. The van der Waals surface area contributed by atoms with Crippen LogP contribution in [0.15, 0.2) is 54.6 Å². The predicted molar refractivity (Wildman–Crippen MR) is 118 cm³/mol. The maximum absolute atomic E-state index is 13.3. The molecule has 4 nitrogen and oxygen atoms in total. The van der Waals surface area contributed by atoms with Gasteiger partial charge in [-0.1, -0.05) is 29.8 Å². The van der Waals surface area contributed by atoms with E-state index in [1.54, 1.807) is 0 Å². The summed E-state index contributed by atoms with van der Waals surface area (Å²) >= 11 is 5.76. The van der Waals surface area contributed by atoms with E-state index >= 15 is 0 Å². The quantitative estimate of drug-likeness (QED) is 0.562. The van der Waals surface area contributed by atoms with E-state index in [0.717, 1.165) is 42.4 Å². The SMILES string of the molecule is Cl.O=C(N[C@H]1CC[C@@H](Nc2ccc3ccccc3n2)CC1)c1ccc(F)c(Cl)c1. The van der Waals surface area contributed by atoms with E-state index in [9.17, 15) is 9.18 Å². The summed E-state index contributed by atoms with van der Waals surface area (Å²) in [7, 11) is 0. The van der Waals surface area contributed by atoms with Crippen LogP contribution >= 0.6 is 24.0 Å². The number of nitrogens with one attached hydrogen (secondary N) is 2. The van der Waals surface area contributed by atoms with Gasteiger partial charge in [0, 0.05) is 23.0 Å². The summed E-state index contributed by atoms with van der Waals surface area (Å²) in [5.74, 6) is 0.147. The molecule has 2 N–H and O–H groups in total. The Hall–Kier alpha value is -2.37. The lowest BCUT2D eigenvalue weighted by atomic mass is 9.91. The van der Waals surface area contributed by atoms with E-state index in [4.69, 9.17) is 11.6 Å². The zero-order valence-electron chi connectivity index (χ0n) is 15.7. The van der Waals surface area contributed by atoms with Crippen LogP contribution < -0.4 is 10.6 Å². The molecular formula is C22H22Cl2FN3O. The summed E-state index contributed by atoms with van der Waals surface area (Å²) in [6, 6.07) is 16.6. The van der Waals surface area contributed by atoms with E-state index in [2.05, 4.69) is 21.7 Å². The molecule has 0 spiro atoms. The van der Waals surface area contributed by atoms with E-state index in [-0.39, 0.29) is 29.4 Å². The Morgan fingerprint density at radius 1 is 1.00 bits per heavy atom. The minimum atomic E-state index is -0.521. The average Bonchev–Trinajstić information content (AvgIpc) is 2.71. The van der Waals surface area contributed by atoms with Crippen LogP contribution in [0.25, 0.3) is 10.9 Å². The highest BCUT2D eigenvalue weighted by Gasteiger charge is 2.23. The minimum Gasteiger partial charge on any atom is -0.367 e. The largest absolute Gasteiger partial charge is 0.367 e. The molecule has 0 unspecified atom stereocenters. The number of aromatic nitrogens is 1. The van der Waals surface area contributed by atoms with Crippen molar-refractivity contribution in [3.63, 3.8) is 0 Å². The molecule has 0 radical (unpaired) electrons. The van der Waals surface area contributed by atoms with Crippen molar-refractivity contribution in [3.8, 4) is 0 Å². The molecule has 0 atom stereocenters. The third-order valence-electron chi connectivity index (χ3n) is 5.19. The fourth-order valence-electron chi connectivity index (χ4n) is 3.64. The summed E-state index contributed by atoms with van der Waals surface area (Å²) in [4.78, 5) is 17.0. The summed E-state index contributed by atoms with van der Waals surface area (Å²) < 4.78 is 13.3. The zero-order valence-corrected chi connectivity index (χ0v) is 17.3. The molecule has 29 heavy (non-hydrogen) atoms. The van der Waals surface area contributed by atoms with Gasteiger partial charge in [0.15, 0.2) is 0 Å². The Balaban J connectivity index is 0.00000240. The fraction of sp³-hybridized carbons (Fsp3) is 0.273. The second-order valence-electron chi connectivity index (χ2n) is 7.18. The molecular weight excluding hydrogens is 412 g/mol. The predicted octanol–water partition coefficient (Wildman–Crippen LogP) is 5.60. The lowest BCUT2D eigenvalue weighted by molar-refractivity contribution is 0.0926. The summed E-state index contributed by atoms with van der Waals surface area (Å²) in [5.41, 5.74) is 1.36. The molecule has 152 valence electrons. The van der Waals surface area contributed by atoms with Crippen LogP contribution in [0, 0.1) is 5.82 Å². The number of pyridine rings is 1. The van der Waals surface area contributed by atoms with Crippen molar-refractivity contribution in [2.75, 3.05) is 5.32 Å². The molecule has 0 aliphatic heterocycles. The van der Waals surface area contributed by atoms with Crippen molar-refractivity contribution in [2.45, 2.75) is 37.8 Å². The minimum absolute atomic E-state index is 0. The molecule has 3 aromatic rings. The molecule has 0 saturated heterocycles. The Bertz CT molecular complexity index is 1010. The highest BCUT2D eigenvalue weighted by Crippen LogP contribution is 2.24. The second-order valence-corrected chi connectivity index (χ2v) is 7.59. The molecule has 4 rings (SSSR count). The van der Waals surface area contributed by atoms with Crippen LogP contribution in [0.3, 0.4) is 0 Å². The lowest BCUT2D eigenvalue weighted by Crippen LogP contribution is -2.40. The van der Waals surface area contributed by atoms with Crippen LogP contribution in [0.2, 0.25) is 5.02 Å². The van der Waals surface area contributed by atoms with Gasteiger partial charge in [0.05, 0.1) is 10.5 Å². The van der Waals surface area contributed by atoms with Gasteiger partial charge in [-0.05, 0) is 62.1 Å². The Morgan fingerprint density at radius 2 is 1.72 bits per heavy atom. The van der Waals surface area contributed by atoms with Crippen molar-refractivity contribution in [1.29, 1.82) is 0 Å². The topological polar surface area (TPSA) is 54.0 Å². The molecule has 1 fully saturated rings. The van der Waals surface area contributed by atoms with Gasteiger partial charge in [-0.3, -0.25) is 4.79 Å². The third kappa shape index (κ3) is 5.17. The van der Waals surface area contributed by atoms with Gasteiger partial charge in [0.2, 0.25) is 0 Å². The van der Waals surface area contributed by atoms with Gasteiger partial charge in [-0.15, -0.1) is 12.4 Å². The molecule has 1 amide bonds. The van der Waals surface area contributed by atoms with Crippen molar-refractivity contribution in [2.24, 2.45) is 0 Å². The van der Waals surface area contributed by atoms with E-state index in [1.807, 2.05) is 30.3 Å². The van der Waals surface area contributed by atoms with Crippen LogP contribution in [0.4, 0.5) is 10.2 Å². The van der Waals surface area contributed by atoms with E-state index in [0.29, 0.717) is 11.6 Å². The van der Waals surface area contributed by atoms with Gasteiger partial charge >= 0.3 is 0 Å². The smallest absolute Gasteiger partial charge is 0.251 e. The van der Waals surface area contributed by atoms with Crippen LogP contribution in [0.5, 0.6) is 0 Å². The average molecular weight is 434 g/mol. The first-order valence-electron chi connectivity index (χ1n) is 9.47. The van der Waals surface area contributed by atoms with E-state index < -0.39 is 5.82 Å².